The van der Waals surface area contributed by atoms with E-state index in [9.17, 15) is 33.9 Å². The number of esters is 1. The molecule has 4 amide bonds. The molecule has 0 unspecified atom stereocenters. The summed E-state index contributed by atoms with van der Waals surface area (Å²) in [6, 6.07) is 5.52. The number of likely N-dealkylation sites (tertiary alicyclic amines) is 1. The number of benzene rings is 1. The lowest BCUT2D eigenvalue weighted by molar-refractivity contribution is -0.150. The van der Waals surface area contributed by atoms with Crippen molar-refractivity contribution in [1.29, 1.82) is 0 Å². The molecule has 1 aliphatic heterocycles. The highest BCUT2D eigenvalue weighted by Crippen LogP contribution is 2.22. The van der Waals surface area contributed by atoms with Crippen molar-refractivity contribution in [1.82, 2.24) is 20.9 Å². The first-order valence-electron chi connectivity index (χ1n) is 16.4. The van der Waals surface area contributed by atoms with Crippen LogP contribution in [0, 0.1) is 5.92 Å². The van der Waals surface area contributed by atoms with Crippen LogP contribution in [0.1, 0.15) is 104 Å². The van der Waals surface area contributed by atoms with Gasteiger partial charge in [0.25, 0.3) is 0 Å². The van der Waals surface area contributed by atoms with Crippen molar-refractivity contribution in [2.75, 3.05) is 13.2 Å². The van der Waals surface area contributed by atoms with Gasteiger partial charge in [-0.1, -0.05) is 45.4 Å². The van der Waals surface area contributed by atoms with Gasteiger partial charge in [-0.3, -0.25) is 14.4 Å². The lowest BCUT2D eigenvalue weighted by Gasteiger charge is -2.35. The molecule has 2 rings (SSSR count). The van der Waals surface area contributed by atoms with Crippen molar-refractivity contribution in [2.24, 2.45) is 5.92 Å². The van der Waals surface area contributed by atoms with Crippen LogP contribution < -0.4 is 16.0 Å². The molecular weight excluding hydrogens is 608 g/mol. The lowest BCUT2D eigenvalue weighted by Crippen LogP contribution is -2.64. The number of nitrogens with one attached hydrogen (secondary N) is 3. The van der Waals surface area contributed by atoms with E-state index in [2.05, 4.69) is 16.0 Å². The number of alkyl carbamates (subject to hydrolysis) is 1. The summed E-state index contributed by atoms with van der Waals surface area (Å²) in [5, 5.41) is 17.8. The van der Waals surface area contributed by atoms with Gasteiger partial charge in [-0.25, -0.2) is 14.4 Å². The van der Waals surface area contributed by atoms with Crippen LogP contribution in [0.3, 0.4) is 0 Å². The molecule has 13 heteroatoms. The molecule has 5 atom stereocenters. The van der Waals surface area contributed by atoms with E-state index in [1.807, 2.05) is 6.92 Å². The Labute approximate surface area is 277 Å². The van der Waals surface area contributed by atoms with Gasteiger partial charge >= 0.3 is 18.0 Å². The Morgan fingerprint density at radius 2 is 1.66 bits per heavy atom. The monoisotopic (exact) mass is 660 g/mol. The van der Waals surface area contributed by atoms with E-state index in [-0.39, 0.29) is 31.9 Å². The summed E-state index contributed by atoms with van der Waals surface area (Å²) < 4.78 is 10.7. The molecule has 1 saturated heterocycles. The van der Waals surface area contributed by atoms with Crippen LogP contribution in [0.5, 0.6) is 0 Å². The summed E-state index contributed by atoms with van der Waals surface area (Å²) in [5.41, 5.74) is -1.87. The first kappa shape index (κ1) is 39.0. The third kappa shape index (κ3) is 11.9. The summed E-state index contributed by atoms with van der Waals surface area (Å²) in [6.07, 6.45) is 1.75. The fraction of sp³-hybridized carbons (Fsp3) is 0.647. The normalized spacial score (nSPS) is 17.8. The minimum absolute atomic E-state index is 0.106. The van der Waals surface area contributed by atoms with Crippen molar-refractivity contribution in [2.45, 2.75) is 123 Å². The second-order valence-electron chi connectivity index (χ2n) is 13.2. The van der Waals surface area contributed by atoms with Crippen molar-refractivity contribution in [3.8, 4) is 0 Å². The highest BCUT2D eigenvalue weighted by atomic mass is 16.6. The number of unbranched alkanes of at least 4 members (excludes halogenated alkanes) is 1. The fourth-order valence-corrected chi connectivity index (χ4v) is 5.11. The first-order chi connectivity index (χ1) is 22.0. The van der Waals surface area contributed by atoms with Crippen molar-refractivity contribution < 1.29 is 43.3 Å². The molecule has 1 aromatic rings. The summed E-state index contributed by atoms with van der Waals surface area (Å²) in [7, 11) is 0. The average molecular weight is 661 g/mol. The number of ether oxygens (including phenoxy) is 2. The largest absolute Gasteiger partial charge is 0.480 e. The Hall–Kier alpha value is -4.16. The Morgan fingerprint density at radius 1 is 1.00 bits per heavy atom. The van der Waals surface area contributed by atoms with Crippen molar-refractivity contribution in [3.63, 3.8) is 0 Å². The van der Waals surface area contributed by atoms with E-state index in [0.29, 0.717) is 37.7 Å². The topological polar surface area (TPSA) is 180 Å². The molecule has 1 heterocycles. The molecule has 47 heavy (non-hydrogen) atoms. The van der Waals surface area contributed by atoms with Gasteiger partial charge < -0.3 is 35.4 Å². The number of carboxylic acid groups (broad SMARTS) is 1. The third-order valence-corrected chi connectivity index (χ3v) is 8.33. The number of carbonyl (C=O) groups is 6. The van der Waals surface area contributed by atoms with E-state index in [1.54, 1.807) is 65.0 Å². The van der Waals surface area contributed by atoms with Crippen LogP contribution in [-0.4, -0.2) is 88.2 Å². The Morgan fingerprint density at radius 3 is 2.23 bits per heavy atom. The minimum Gasteiger partial charge on any atom is -0.480 e. The molecule has 1 aromatic carbocycles. The molecule has 262 valence electrons. The van der Waals surface area contributed by atoms with E-state index in [1.165, 1.54) is 11.8 Å². The maximum Gasteiger partial charge on any atom is 0.408 e. The quantitative estimate of drug-likeness (QED) is 0.152. The summed E-state index contributed by atoms with van der Waals surface area (Å²) >= 11 is 0. The Bertz CT molecular complexity index is 1250. The number of amides is 4. The minimum atomic E-state index is -1.47. The van der Waals surface area contributed by atoms with E-state index < -0.39 is 65.0 Å². The van der Waals surface area contributed by atoms with Gasteiger partial charge in [0.15, 0.2) is 0 Å². The SMILES string of the molecule is CC[C@H](C)[C@H](NC(=O)[C@](C)(CC)NC(=O)[C@H](CCCCOC(=O)c1ccccc1)NC(=O)OC(C)(C)C)C(=O)N1CCC[C@@H]1C(=O)O. The molecule has 0 aliphatic carbocycles. The molecule has 4 N–H and O–H groups in total. The highest BCUT2D eigenvalue weighted by molar-refractivity contribution is 5.97. The predicted octanol–water partition coefficient (Wildman–Crippen LogP) is 3.80. The van der Waals surface area contributed by atoms with Gasteiger partial charge in [-0.15, -0.1) is 0 Å². The van der Waals surface area contributed by atoms with Crippen molar-refractivity contribution >= 4 is 35.8 Å². The van der Waals surface area contributed by atoms with Crippen LogP contribution >= 0.6 is 0 Å². The van der Waals surface area contributed by atoms with Gasteiger partial charge in [0.05, 0.1) is 12.2 Å². The van der Waals surface area contributed by atoms with E-state index in [4.69, 9.17) is 9.47 Å². The van der Waals surface area contributed by atoms with E-state index >= 15 is 0 Å². The molecule has 0 bridgehead atoms. The zero-order chi connectivity index (χ0) is 35.4. The second kappa shape index (κ2) is 17.7. The zero-order valence-corrected chi connectivity index (χ0v) is 28.7. The number of carbonyl (C=O) groups excluding carboxylic acids is 5. The fourth-order valence-electron chi connectivity index (χ4n) is 5.11. The highest BCUT2D eigenvalue weighted by Gasteiger charge is 2.42. The molecular formula is C34H52N4O9. The number of nitrogens with zero attached hydrogens (tertiary/aromatic N) is 1. The van der Waals surface area contributed by atoms with Crippen LogP contribution in [-0.2, 0) is 28.7 Å². The second-order valence-corrected chi connectivity index (χ2v) is 13.2. The van der Waals surface area contributed by atoms with Gasteiger partial charge in [-0.05, 0) is 84.3 Å². The number of aliphatic carboxylic acids is 1. The molecule has 1 fully saturated rings. The third-order valence-electron chi connectivity index (χ3n) is 8.33. The Balaban J connectivity index is 2.14. The smallest absolute Gasteiger partial charge is 0.408 e. The van der Waals surface area contributed by atoms with Crippen molar-refractivity contribution in [3.05, 3.63) is 35.9 Å². The number of rotatable bonds is 16. The van der Waals surface area contributed by atoms with E-state index in [0.717, 1.165) is 0 Å². The number of hydrogen-bond acceptors (Lipinski definition) is 8. The number of carboxylic acids is 1. The van der Waals surface area contributed by atoms with Gasteiger partial charge in [0.1, 0.15) is 29.3 Å². The first-order valence-corrected chi connectivity index (χ1v) is 16.4. The maximum atomic E-state index is 13.7. The lowest BCUT2D eigenvalue weighted by atomic mass is 9.92. The maximum absolute atomic E-state index is 13.7. The average Bonchev–Trinajstić information content (AvgIpc) is 3.52. The van der Waals surface area contributed by atoms with Crippen LogP contribution in [0.15, 0.2) is 30.3 Å². The number of hydrogen-bond donors (Lipinski definition) is 4. The Kier molecular flexibility index (Phi) is 14.7. The zero-order valence-electron chi connectivity index (χ0n) is 28.7. The van der Waals surface area contributed by atoms with Crippen LogP contribution in [0.2, 0.25) is 0 Å². The molecule has 13 nitrogen and oxygen atoms in total. The van der Waals surface area contributed by atoms with Gasteiger partial charge in [0.2, 0.25) is 17.7 Å². The molecule has 0 radical (unpaired) electrons. The molecule has 0 saturated carbocycles. The standard InChI is InChI=1S/C34H52N4O9/c1-8-22(3)26(28(40)38-20-15-19-25(38)29(41)42)36-31(44)34(7,9-2)37-27(39)24(35-32(45)47-33(4,5)6)18-13-14-21-46-30(43)23-16-11-10-12-17-23/h10-12,16-17,22,24-26H,8-9,13-15,18-21H2,1-7H3,(H,35,45)(H,36,44)(H,37,39)(H,41,42)/t22-,24-,25+,26-,34-/m0/s1. The summed E-state index contributed by atoms with van der Waals surface area (Å²) in [4.78, 5) is 78.9. The molecule has 0 aromatic heterocycles. The predicted molar refractivity (Wildman–Crippen MR) is 174 cm³/mol. The summed E-state index contributed by atoms with van der Waals surface area (Å²) in [6.45, 7) is 12.4. The van der Waals surface area contributed by atoms with Gasteiger partial charge in [0, 0.05) is 6.54 Å². The van der Waals surface area contributed by atoms with Gasteiger partial charge in [-0.2, -0.15) is 0 Å². The summed E-state index contributed by atoms with van der Waals surface area (Å²) in [5.74, 6) is -3.58. The molecule has 0 spiro atoms. The van der Waals surface area contributed by atoms with Crippen LogP contribution in [0.25, 0.3) is 0 Å². The van der Waals surface area contributed by atoms with Crippen LogP contribution in [0.4, 0.5) is 4.79 Å². The molecule has 1 aliphatic rings.